The number of nitrogens with zero attached hydrogens (tertiary/aromatic N) is 3. The van der Waals surface area contributed by atoms with Gasteiger partial charge in [-0.25, -0.2) is 4.68 Å². The molecular formula is C9H17N3O. The maximum absolute atomic E-state index is 5.39. The first kappa shape index (κ1) is 10.1. The van der Waals surface area contributed by atoms with Gasteiger partial charge in [0.15, 0.2) is 0 Å². The normalized spacial score (nSPS) is 10.8. The minimum atomic E-state index is 0.688. The third-order valence-corrected chi connectivity index (χ3v) is 1.73. The number of rotatable bonds is 5. The molecule has 0 unspecified atom stereocenters. The van der Waals surface area contributed by atoms with Crippen molar-refractivity contribution in [2.45, 2.75) is 13.5 Å². The minimum absolute atomic E-state index is 0.688. The summed E-state index contributed by atoms with van der Waals surface area (Å²) in [7, 11) is 4.09. The van der Waals surface area contributed by atoms with Crippen molar-refractivity contribution in [3.63, 3.8) is 0 Å². The number of hydrogen-bond donors (Lipinski definition) is 0. The fraction of sp³-hybridized carbons (Fsp3) is 0.667. The van der Waals surface area contributed by atoms with E-state index in [4.69, 9.17) is 4.74 Å². The van der Waals surface area contributed by atoms with Crippen molar-refractivity contribution in [1.29, 1.82) is 0 Å². The van der Waals surface area contributed by atoms with E-state index in [-0.39, 0.29) is 0 Å². The molecule has 1 rings (SSSR count). The van der Waals surface area contributed by atoms with Gasteiger partial charge in [-0.2, -0.15) is 5.10 Å². The van der Waals surface area contributed by atoms with Crippen LogP contribution in [0.4, 0.5) is 0 Å². The summed E-state index contributed by atoms with van der Waals surface area (Å²) in [6.07, 6.45) is 1.76. The third-order valence-electron chi connectivity index (χ3n) is 1.73. The van der Waals surface area contributed by atoms with Crippen LogP contribution >= 0.6 is 0 Å². The molecule has 0 aliphatic heterocycles. The van der Waals surface area contributed by atoms with Gasteiger partial charge >= 0.3 is 0 Å². The van der Waals surface area contributed by atoms with Gasteiger partial charge in [-0.15, -0.1) is 0 Å². The largest absolute Gasteiger partial charge is 0.478 e. The maximum atomic E-state index is 5.39. The molecule has 4 heteroatoms. The Bertz CT molecular complexity index is 245. The number of ether oxygens (including phenoxy) is 1. The molecule has 0 spiro atoms. The summed E-state index contributed by atoms with van der Waals surface area (Å²) in [4.78, 5) is 2.12. The van der Waals surface area contributed by atoms with Crippen molar-refractivity contribution in [3.8, 4) is 5.88 Å². The average Bonchev–Trinajstić information content (AvgIpc) is 2.49. The molecule has 0 N–H and O–H groups in total. The van der Waals surface area contributed by atoms with E-state index >= 15 is 0 Å². The minimum Gasteiger partial charge on any atom is -0.478 e. The predicted molar refractivity (Wildman–Crippen MR) is 52.0 cm³/mol. The van der Waals surface area contributed by atoms with Crippen LogP contribution in [0.25, 0.3) is 0 Å². The summed E-state index contributed by atoms with van der Waals surface area (Å²) >= 11 is 0. The van der Waals surface area contributed by atoms with Gasteiger partial charge in [-0.05, 0) is 21.0 Å². The second kappa shape index (κ2) is 4.87. The molecule has 13 heavy (non-hydrogen) atoms. The lowest BCUT2D eigenvalue weighted by Crippen LogP contribution is -2.19. The average molecular weight is 183 g/mol. The molecule has 0 radical (unpaired) electrons. The molecule has 1 heterocycles. The molecule has 0 amide bonds. The summed E-state index contributed by atoms with van der Waals surface area (Å²) in [5.41, 5.74) is 0. The molecule has 4 nitrogen and oxygen atoms in total. The Kier molecular flexibility index (Phi) is 3.76. The van der Waals surface area contributed by atoms with Crippen molar-refractivity contribution < 1.29 is 4.74 Å². The van der Waals surface area contributed by atoms with Crippen LogP contribution in [0.3, 0.4) is 0 Å². The van der Waals surface area contributed by atoms with Gasteiger partial charge in [0.05, 0.1) is 19.3 Å². The van der Waals surface area contributed by atoms with Gasteiger partial charge in [-0.1, -0.05) is 0 Å². The van der Waals surface area contributed by atoms with E-state index in [1.807, 2.05) is 31.8 Å². The lowest BCUT2D eigenvalue weighted by molar-refractivity contribution is 0.288. The van der Waals surface area contributed by atoms with Crippen molar-refractivity contribution in [2.24, 2.45) is 0 Å². The Hall–Kier alpha value is -1.03. The molecule has 1 aromatic rings. The highest BCUT2D eigenvalue weighted by molar-refractivity contribution is 5.07. The van der Waals surface area contributed by atoms with Crippen LogP contribution in [0.2, 0.25) is 0 Å². The smallest absolute Gasteiger partial charge is 0.211 e. The summed E-state index contributed by atoms with van der Waals surface area (Å²) in [5.74, 6) is 0.851. The van der Waals surface area contributed by atoms with Crippen molar-refractivity contribution in [2.75, 3.05) is 27.2 Å². The second-order valence-corrected chi connectivity index (χ2v) is 3.13. The lowest BCUT2D eigenvalue weighted by atomic mass is 10.5. The van der Waals surface area contributed by atoms with Crippen LogP contribution in [-0.2, 0) is 6.54 Å². The maximum Gasteiger partial charge on any atom is 0.211 e. The fourth-order valence-electron chi connectivity index (χ4n) is 1.05. The fourth-order valence-corrected chi connectivity index (χ4v) is 1.05. The van der Waals surface area contributed by atoms with E-state index in [1.54, 1.807) is 6.20 Å². The third kappa shape index (κ3) is 3.06. The van der Waals surface area contributed by atoms with Crippen LogP contribution in [0.15, 0.2) is 12.3 Å². The van der Waals surface area contributed by atoms with Crippen LogP contribution in [0.5, 0.6) is 5.88 Å². The van der Waals surface area contributed by atoms with Crippen molar-refractivity contribution in [1.82, 2.24) is 14.7 Å². The first-order valence-corrected chi connectivity index (χ1v) is 4.53. The van der Waals surface area contributed by atoms with Crippen LogP contribution in [-0.4, -0.2) is 41.9 Å². The van der Waals surface area contributed by atoms with Gasteiger partial charge in [0.25, 0.3) is 0 Å². The summed E-state index contributed by atoms with van der Waals surface area (Å²) in [5, 5.41) is 4.17. The van der Waals surface area contributed by atoms with E-state index in [0.29, 0.717) is 6.61 Å². The van der Waals surface area contributed by atoms with Crippen molar-refractivity contribution in [3.05, 3.63) is 12.3 Å². The molecule has 0 atom stereocenters. The molecule has 0 bridgehead atoms. The SMILES string of the molecule is CCOc1ccnn1CCN(C)C. The zero-order valence-corrected chi connectivity index (χ0v) is 8.53. The van der Waals surface area contributed by atoms with Gasteiger partial charge in [0.2, 0.25) is 5.88 Å². The lowest BCUT2D eigenvalue weighted by Gasteiger charge is -2.11. The Labute approximate surface area is 79.1 Å². The first-order chi connectivity index (χ1) is 6.24. The highest BCUT2D eigenvalue weighted by Crippen LogP contribution is 2.08. The molecule has 1 aromatic heterocycles. The highest BCUT2D eigenvalue weighted by atomic mass is 16.5. The molecule has 0 fully saturated rings. The van der Waals surface area contributed by atoms with Crippen LogP contribution in [0.1, 0.15) is 6.92 Å². The van der Waals surface area contributed by atoms with E-state index in [2.05, 4.69) is 10.00 Å². The Morgan fingerprint density at radius 2 is 2.31 bits per heavy atom. The predicted octanol–water partition coefficient (Wildman–Crippen LogP) is 0.843. The Balaban J connectivity index is 2.49. The number of aromatic nitrogens is 2. The van der Waals surface area contributed by atoms with Crippen LogP contribution < -0.4 is 4.74 Å². The standard InChI is InChI=1S/C9H17N3O/c1-4-13-9-5-6-10-12(9)8-7-11(2)3/h5-6H,4,7-8H2,1-3H3. The Morgan fingerprint density at radius 3 is 2.92 bits per heavy atom. The van der Waals surface area contributed by atoms with E-state index < -0.39 is 0 Å². The molecule has 0 saturated carbocycles. The monoisotopic (exact) mass is 183 g/mol. The zero-order chi connectivity index (χ0) is 9.68. The first-order valence-electron chi connectivity index (χ1n) is 4.53. The second-order valence-electron chi connectivity index (χ2n) is 3.13. The van der Waals surface area contributed by atoms with E-state index in [1.165, 1.54) is 0 Å². The van der Waals surface area contributed by atoms with Crippen molar-refractivity contribution >= 4 is 0 Å². The van der Waals surface area contributed by atoms with Crippen LogP contribution in [0, 0.1) is 0 Å². The van der Waals surface area contributed by atoms with E-state index in [9.17, 15) is 0 Å². The van der Waals surface area contributed by atoms with E-state index in [0.717, 1.165) is 19.0 Å². The topological polar surface area (TPSA) is 30.3 Å². The summed E-state index contributed by atoms with van der Waals surface area (Å²) < 4.78 is 7.27. The molecule has 0 aliphatic carbocycles. The summed E-state index contributed by atoms with van der Waals surface area (Å²) in [6, 6.07) is 1.89. The molecule has 0 aromatic carbocycles. The molecule has 74 valence electrons. The summed E-state index contributed by atoms with van der Waals surface area (Å²) in [6.45, 7) is 4.51. The zero-order valence-electron chi connectivity index (χ0n) is 8.53. The van der Waals surface area contributed by atoms with Gasteiger partial charge < -0.3 is 9.64 Å². The van der Waals surface area contributed by atoms with Gasteiger partial charge in [0, 0.05) is 12.6 Å². The Morgan fingerprint density at radius 1 is 1.54 bits per heavy atom. The quantitative estimate of drug-likeness (QED) is 0.677. The molecular weight excluding hydrogens is 166 g/mol. The number of likely N-dealkylation sites (N-methyl/N-ethyl adjacent to an activating group) is 1. The van der Waals surface area contributed by atoms with Gasteiger partial charge in [0.1, 0.15) is 0 Å². The molecule has 0 saturated heterocycles. The molecule has 0 aliphatic rings. The van der Waals surface area contributed by atoms with Gasteiger partial charge in [-0.3, -0.25) is 0 Å². The number of hydrogen-bond acceptors (Lipinski definition) is 3. The highest BCUT2D eigenvalue weighted by Gasteiger charge is 2.01.